The number of halogens is 1. The summed E-state index contributed by atoms with van der Waals surface area (Å²) in [5, 5.41) is 0. The van der Waals surface area contributed by atoms with Crippen LogP contribution in [0.4, 0.5) is 10.1 Å². The zero-order chi connectivity index (χ0) is 13.8. The molecule has 1 fully saturated rings. The smallest absolute Gasteiger partial charge is 0.152 e. The van der Waals surface area contributed by atoms with Crippen LogP contribution in [0, 0.1) is 11.7 Å². The van der Waals surface area contributed by atoms with Crippen molar-refractivity contribution in [3.05, 3.63) is 29.6 Å². The van der Waals surface area contributed by atoms with E-state index in [1.54, 1.807) is 12.1 Å². The molecule has 0 heterocycles. The molecule has 3 heteroatoms. The lowest BCUT2D eigenvalue weighted by Crippen LogP contribution is -2.37. The van der Waals surface area contributed by atoms with Gasteiger partial charge in [0.15, 0.2) is 6.29 Å². The molecule has 2 rings (SSSR count). The topological polar surface area (TPSA) is 20.3 Å². The van der Waals surface area contributed by atoms with Crippen molar-refractivity contribution in [3.8, 4) is 0 Å². The number of anilines is 1. The summed E-state index contributed by atoms with van der Waals surface area (Å²) in [5.74, 6) is 0.164. The van der Waals surface area contributed by atoms with Crippen LogP contribution >= 0.6 is 0 Å². The largest absolute Gasteiger partial charge is 0.365 e. The van der Waals surface area contributed by atoms with Crippen molar-refractivity contribution in [2.75, 3.05) is 11.4 Å². The first kappa shape index (κ1) is 14.0. The lowest BCUT2D eigenvalue weighted by Gasteiger charge is -2.33. The SMILES string of the molecule is CC(C)CN(c1c(F)cccc1C=O)C1CCCC1. The Labute approximate surface area is 114 Å². The van der Waals surface area contributed by atoms with Crippen LogP contribution in [0.5, 0.6) is 0 Å². The fraction of sp³-hybridized carbons (Fsp3) is 0.562. The Bertz CT molecular complexity index is 438. The second-order valence-corrected chi connectivity index (χ2v) is 5.78. The predicted octanol–water partition coefficient (Wildman–Crippen LogP) is 4.04. The van der Waals surface area contributed by atoms with E-state index in [1.165, 1.54) is 18.9 Å². The van der Waals surface area contributed by atoms with Gasteiger partial charge in [-0.15, -0.1) is 0 Å². The Morgan fingerprint density at radius 1 is 1.37 bits per heavy atom. The van der Waals surface area contributed by atoms with Crippen molar-refractivity contribution in [2.24, 2.45) is 5.92 Å². The average molecular weight is 263 g/mol. The van der Waals surface area contributed by atoms with Crippen molar-refractivity contribution in [2.45, 2.75) is 45.6 Å². The fourth-order valence-corrected chi connectivity index (χ4v) is 2.96. The number of nitrogens with zero attached hydrogens (tertiary/aromatic N) is 1. The molecule has 1 aromatic rings. The van der Waals surface area contributed by atoms with Crippen molar-refractivity contribution in [1.29, 1.82) is 0 Å². The van der Waals surface area contributed by atoms with Crippen LogP contribution in [0.1, 0.15) is 49.9 Å². The molecule has 1 aromatic carbocycles. The zero-order valence-corrected chi connectivity index (χ0v) is 11.7. The van der Waals surface area contributed by atoms with Crippen LogP contribution in [-0.2, 0) is 0 Å². The first-order chi connectivity index (χ1) is 9.13. The van der Waals surface area contributed by atoms with E-state index < -0.39 is 0 Å². The van der Waals surface area contributed by atoms with Gasteiger partial charge in [0.05, 0.1) is 5.69 Å². The third-order valence-electron chi connectivity index (χ3n) is 3.76. The molecule has 0 spiro atoms. The molecular weight excluding hydrogens is 241 g/mol. The molecule has 1 saturated carbocycles. The predicted molar refractivity (Wildman–Crippen MR) is 76.2 cm³/mol. The van der Waals surface area contributed by atoms with E-state index in [1.807, 2.05) is 0 Å². The van der Waals surface area contributed by atoms with Crippen molar-refractivity contribution >= 4 is 12.0 Å². The first-order valence-corrected chi connectivity index (χ1v) is 7.13. The van der Waals surface area contributed by atoms with Crippen LogP contribution in [0.15, 0.2) is 18.2 Å². The number of benzene rings is 1. The molecule has 0 saturated heterocycles. The third kappa shape index (κ3) is 3.14. The molecule has 2 nitrogen and oxygen atoms in total. The van der Waals surface area contributed by atoms with E-state index in [0.717, 1.165) is 25.7 Å². The van der Waals surface area contributed by atoms with Crippen molar-refractivity contribution < 1.29 is 9.18 Å². The average Bonchev–Trinajstić information content (AvgIpc) is 2.89. The second kappa shape index (κ2) is 6.18. The number of para-hydroxylation sites is 1. The van der Waals surface area contributed by atoms with Crippen LogP contribution in [0.25, 0.3) is 0 Å². The summed E-state index contributed by atoms with van der Waals surface area (Å²) in [5.41, 5.74) is 0.964. The van der Waals surface area contributed by atoms with E-state index >= 15 is 0 Å². The Balaban J connectivity index is 2.39. The monoisotopic (exact) mass is 263 g/mol. The number of hydrogen-bond donors (Lipinski definition) is 0. The maximum absolute atomic E-state index is 14.2. The van der Waals surface area contributed by atoms with E-state index in [9.17, 15) is 9.18 Å². The fourth-order valence-electron chi connectivity index (χ4n) is 2.96. The summed E-state index contributed by atoms with van der Waals surface area (Å²) in [6.07, 6.45) is 5.35. The highest BCUT2D eigenvalue weighted by atomic mass is 19.1. The van der Waals surface area contributed by atoms with Gasteiger partial charge in [0, 0.05) is 18.2 Å². The van der Waals surface area contributed by atoms with Crippen molar-refractivity contribution in [3.63, 3.8) is 0 Å². The minimum Gasteiger partial charge on any atom is -0.365 e. The van der Waals surface area contributed by atoms with Gasteiger partial charge in [-0.25, -0.2) is 4.39 Å². The molecule has 0 amide bonds. The lowest BCUT2D eigenvalue weighted by atomic mass is 10.1. The number of aldehydes is 1. The van der Waals surface area contributed by atoms with Gasteiger partial charge < -0.3 is 4.90 Å². The standard InChI is InChI=1S/C16H22FNO/c1-12(2)10-18(14-7-3-4-8-14)16-13(11-19)6-5-9-15(16)17/h5-6,9,11-12,14H,3-4,7-8,10H2,1-2H3. The summed E-state index contributed by atoms with van der Waals surface area (Å²) in [6, 6.07) is 5.13. The summed E-state index contributed by atoms with van der Waals surface area (Å²) in [7, 11) is 0. The Morgan fingerprint density at radius 3 is 2.63 bits per heavy atom. The summed E-state index contributed by atoms with van der Waals surface area (Å²) in [6.45, 7) is 5.05. The van der Waals surface area contributed by atoms with Gasteiger partial charge in [-0.2, -0.15) is 0 Å². The molecule has 0 aromatic heterocycles. The molecular formula is C16H22FNO. The third-order valence-corrected chi connectivity index (χ3v) is 3.76. The van der Waals surface area contributed by atoms with E-state index in [4.69, 9.17) is 0 Å². The number of rotatable bonds is 5. The van der Waals surface area contributed by atoms with E-state index in [-0.39, 0.29) is 5.82 Å². The number of carbonyl (C=O) groups excluding carboxylic acids is 1. The van der Waals surface area contributed by atoms with Crippen LogP contribution in [0.2, 0.25) is 0 Å². The summed E-state index contributed by atoms with van der Waals surface area (Å²) >= 11 is 0. The van der Waals surface area contributed by atoms with Gasteiger partial charge in [0.1, 0.15) is 5.82 Å². The maximum Gasteiger partial charge on any atom is 0.152 e. The van der Waals surface area contributed by atoms with Gasteiger partial charge >= 0.3 is 0 Å². The molecule has 104 valence electrons. The molecule has 0 N–H and O–H groups in total. The molecule has 0 radical (unpaired) electrons. The van der Waals surface area contributed by atoms with Gasteiger partial charge in [0.2, 0.25) is 0 Å². The second-order valence-electron chi connectivity index (χ2n) is 5.78. The highest BCUT2D eigenvalue weighted by Gasteiger charge is 2.27. The van der Waals surface area contributed by atoms with E-state index in [2.05, 4.69) is 18.7 Å². The summed E-state index contributed by atoms with van der Waals surface area (Å²) in [4.78, 5) is 13.3. The van der Waals surface area contributed by atoms with Crippen molar-refractivity contribution in [1.82, 2.24) is 0 Å². The zero-order valence-electron chi connectivity index (χ0n) is 11.7. The minimum atomic E-state index is -0.280. The van der Waals surface area contributed by atoms with Crippen LogP contribution in [0.3, 0.4) is 0 Å². The maximum atomic E-state index is 14.2. The Morgan fingerprint density at radius 2 is 2.05 bits per heavy atom. The molecule has 0 unspecified atom stereocenters. The number of carbonyl (C=O) groups is 1. The van der Waals surface area contributed by atoms with Crippen LogP contribution in [-0.4, -0.2) is 18.9 Å². The highest BCUT2D eigenvalue weighted by Crippen LogP contribution is 2.32. The van der Waals surface area contributed by atoms with Crippen LogP contribution < -0.4 is 4.90 Å². The van der Waals surface area contributed by atoms with Gasteiger partial charge in [-0.1, -0.05) is 32.8 Å². The minimum absolute atomic E-state index is 0.280. The van der Waals surface area contributed by atoms with E-state index in [0.29, 0.717) is 23.2 Å². The van der Waals surface area contributed by atoms with Gasteiger partial charge in [-0.3, -0.25) is 4.79 Å². The molecule has 19 heavy (non-hydrogen) atoms. The highest BCUT2D eigenvalue weighted by molar-refractivity contribution is 5.85. The Hall–Kier alpha value is -1.38. The molecule has 1 aliphatic rings. The summed E-state index contributed by atoms with van der Waals surface area (Å²) < 4.78 is 14.2. The Kier molecular flexibility index (Phi) is 4.56. The van der Waals surface area contributed by atoms with Gasteiger partial charge in [0.25, 0.3) is 0 Å². The molecule has 0 bridgehead atoms. The van der Waals surface area contributed by atoms with Gasteiger partial charge in [-0.05, 0) is 30.9 Å². The first-order valence-electron chi connectivity index (χ1n) is 7.13. The normalized spacial score (nSPS) is 16.0. The lowest BCUT2D eigenvalue weighted by molar-refractivity contribution is 0.112. The number of hydrogen-bond acceptors (Lipinski definition) is 2. The molecule has 0 atom stereocenters. The quantitative estimate of drug-likeness (QED) is 0.747. The molecule has 1 aliphatic carbocycles. The molecule has 0 aliphatic heterocycles.